The number of amides is 1. The van der Waals surface area contributed by atoms with Gasteiger partial charge in [-0.15, -0.1) is 10.2 Å². The van der Waals surface area contributed by atoms with E-state index in [0.717, 1.165) is 0 Å². The first-order chi connectivity index (χ1) is 8.58. The number of nitro groups is 1. The van der Waals surface area contributed by atoms with Crippen LogP contribution in [0.25, 0.3) is 0 Å². The molecule has 90 valence electrons. The van der Waals surface area contributed by atoms with Crippen molar-refractivity contribution in [3.63, 3.8) is 0 Å². The average molecular weight is 245 g/mol. The predicted molar refractivity (Wildman–Crippen MR) is 60.3 cm³/mol. The van der Waals surface area contributed by atoms with Crippen molar-refractivity contribution in [3.8, 4) is 0 Å². The van der Waals surface area contributed by atoms with Gasteiger partial charge in [0.15, 0.2) is 5.70 Å². The summed E-state index contributed by atoms with van der Waals surface area (Å²) in [6, 6.07) is 4.29. The Kier molecular flexibility index (Phi) is 3.00. The molecule has 8 nitrogen and oxygen atoms in total. The van der Waals surface area contributed by atoms with Crippen LogP contribution in [0.4, 0.5) is 11.4 Å². The predicted octanol–water partition coefficient (Wildman–Crippen LogP) is 2.82. The smallest absolute Gasteiger partial charge is 0.263 e. The van der Waals surface area contributed by atoms with Crippen molar-refractivity contribution in [1.82, 2.24) is 0 Å². The Labute approximate surface area is 101 Å². The summed E-state index contributed by atoms with van der Waals surface area (Å²) in [5.41, 5.74) is 0.928. The first kappa shape index (κ1) is 11.7. The van der Waals surface area contributed by atoms with Gasteiger partial charge in [0.25, 0.3) is 5.69 Å². The van der Waals surface area contributed by atoms with E-state index in [1.807, 2.05) is 0 Å². The monoisotopic (exact) mass is 245 g/mol. The number of carbonyl (C=O) groups excluding carboxylic acids is 1. The molecule has 0 saturated heterocycles. The van der Waals surface area contributed by atoms with E-state index in [1.165, 1.54) is 24.4 Å². The van der Waals surface area contributed by atoms with Crippen LogP contribution < -0.4 is 0 Å². The van der Waals surface area contributed by atoms with E-state index in [0.29, 0.717) is 11.3 Å². The van der Waals surface area contributed by atoms with Gasteiger partial charge in [-0.25, -0.2) is 0 Å². The van der Waals surface area contributed by atoms with E-state index in [4.69, 9.17) is 0 Å². The van der Waals surface area contributed by atoms with Crippen molar-refractivity contribution in [1.29, 1.82) is 0 Å². The largest absolute Gasteiger partial charge is 0.317 e. The molecule has 0 aliphatic carbocycles. The number of nitro benzene ring substituents is 1. The fraction of sp³-hybridized carbons (Fsp3) is 0.100. The molecule has 0 fully saturated rings. The van der Waals surface area contributed by atoms with Crippen LogP contribution in [0.15, 0.2) is 50.6 Å². The van der Waals surface area contributed by atoms with E-state index in [1.54, 1.807) is 6.92 Å². The van der Waals surface area contributed by atoms with Gasteiger partial charge < -0.3 is 0 Å². The first-order valence-electron chi connectivity index (χ1n) is 4.90. The van der Waals surface area contributed by atoms with Gasteiger partial charge in [-0.1, -0.05) is 0 Å². The molecule has 1 heterocycles. The minimum atomic E-state index is -0.558. The van der Waals surface area contributed by atoms with Gasteiger partial charge in [0, 0.05) is 11.6 Å². The third-order valence-corrected chi connectivity index (χ3v) is 2.20. The van der Waals surface area contributed by atoms with E-state index in [9.17, 15) is 14.9 Å². The van der Waals surface area contributed by atoms with Gasteiger partial charge in [0.2, 0.25) is 0 Å². The number of hydrogen-bond acceptors (Lipinski definition) is 6. The molecule has 18 heavy (non-hydrogen) atoms. The van der Waals surface area contributed by atoms with Crippen molar-refractivity contribution < 1.29 is 9.72 Å². The van der Waals surface area contributed by atoms with Crippen molar-refractivity contribution >= 4 is 17.3 Å². The molecule has 0 spiro atoms. The number of aryl methyl sites for hydroxylation is 1. The molecule has 0 unspecified atom stereocenters. The van der Waals surface area contributed by atoms with Crippen molar-refractivity contribution in [2.75, 3.05) is 0 Å². The summed E-state index contributed by atoms with van der Waals surface area (Å²) >= 11 is 0. The molecule has 1 amide bonds. The average Bonchev–Trinajstić information content (AvgIpc) is 2.72. The Bertz CT molecular complexity index is 618. The Morgan fingerprint density at radius 2 is 2.11 bits per heavy atom. The number of carbonyl (C=O) groups is 1. The molecule has 0 bridgehead atoms. The van der Waals surface area contributed by atoms with Gasteiger partial charge in [-0.05, 0) is 19.1 Å². The van der Waals surface area contributed by atoms with E-state index in [2.05, 4.69) is 20.5 Å². The normalized spacial score (nSPS) is 14.3. The Morgan fingerprint density at radius 3 is 2.67 bits per heavy atom. The van der Waals surface area contributed by atoms with Crippen LogP contribution in [0.5, 0.6) is 0 Å². The maximum absolute atomic E-state index is 11.0. The zero-order valence-electron chi connectivity index (χ0n) is 9.27. The van der Waals surface area contributed by atoms with Crippen LogP contribution in [0.3, 0.4) is 0 Å². The number of nitrogens with zero attached hydrogens (tertiary/aromatic N) is 5. The third-order valence-electron chi connectivity index (χ3n) is 2.20. The first-order valence-corrected chi connectivity index (χ1v) is 4.90. The molecule has 1 aromatic carbocycles. The number of azo groups is 2. The zero-order chi connectivity index (χ0) is 13.1. The molecule has 1 aliphatic heterocycles. The summed E-state index contributed by atoms with van der Waals surface area (Å²) in [7, 11) is 0. The van der Waals surface area contributed by atoms with Crippen LogP contribution in [-0.2, 0) is 4.79 Å². The fourth-order valence-corrected chi connectivity index (χ4v) is 1.33. The molecule has 0 N–H and O–H groups in total. The molecule has 1 aromatic rings. The summed E-state index contributed by atoms with van der Waals surface area (Å²) in [5, 5.41) is 24.7. The fourth-order valence-electron chi connectivity index (χ4n) is 1.33. The van der Waals surface area contributed by atoms with E-state index < -0.39 is 10.8 Å². The van der Waals surface area contributed by atoms with Crippen molar-refractivity contribution in [3.05, 3.63) is 45.8 Å². The van der Waals surface area contributed by atoms with Crippen molar-refractivity contribution in [2.45, 2.75) is 6.92 Å². The lowest BCUT2D eigenvalue weighted by atomic mass is 10.2. The quantitative estimate of drug-likeness (QED) is 0.463. The number of rotatable bonds is 3. The summed E-state index contributed by atoms with van der Waals surface area (Å²) in [6.45, 7) is 1.60. The second-order valence-corrected chi connectivity index (χ2v) is 3.46. The van der Waals surface area contributed by atoms with Crippen LogP contribution >= 0.6 is 0 Å². The van der Waals surface area contributed by atoms with E-state index in [-0.39, 0.29) is 11.4 Å². The van der Waals surface area contributed by atoms with Crippen molar-refractivity contribution in [2.24, 2.45) is 20.5 Å². The number of benzene rings is 1. The summed E-state index contributed by atoms with van der Waals surface area (Å²) < 4.78 is 0. The molecule has 8 heteroatoms. The molecule has 0 saturated carbocycles. The van der Waals surface area contributed by atoms with Crippen LogP contribution in [0, 0.1) is 17.0 Å². The Balaban J connectivity index is 2.21. The minimum absolute atomic E-state index is 0.00936. The van der Waals surface area contributed by atoms with Gasteiger partial charge in [0.1, 0.15) is 0 Å². The standard InChI is InChI=1S/C10H7N5O3/c1-6-4-7(2-3-9(6)15(17)18)12-13-8-5-11-14-10(8)16/h2-5H,1H3. The van der Waals surface area contributed by atoms with Crippen LogP contribution in [-0.4, -0.2) is 10.8 Å². The molecule has 0 atom stereocenters. The minimum Gasteiger partial charge on any atom is -0.263 e. The Morgan fingerprint density at radius 1 is 1.33 bits per heavy atom. The SMILES string of the molecule is Cc1cc(N=NC2=CN=NC2=O)ccc1[N+](=O)[O-]. The highest BCUT2D eigenvalue weighted by Crippen LogP contribution is 2.24. The maximum atomic E-state index is 11.0. The second kappa shape index (κ2) is 4.62. The van der Waals surface area contributed by atoms with Gasteiger partial charge >= 0.3 is 5.91 Å². The molecule has 2 rings (SSSR count). The maximum Gasteiger partial charge on any atom is 0.317 e. The summed E-state index contributed by atoms with van der Waals surface area (Å²) in [4.78, 5) is 21.2. The van der Waals surface area contributed by atoms with Gasteiger partial charge in [-0.2, -0.15) is 10.2 Å². The van der Waals surface area contributed by atoms with Gasteiger partial charge in [0.05, 0.1) is 16.8 Å². The summed E-state index contributed by atoms with van der Waals surface area (Å²) in [5.74, 6) is -0.558. The molecule has 0 aromatic heterocycles. The highest BCUT2D eigenvalue weighted by atomic mass is 16.6. The highest BCUT2D eigenvalue weighted by Gasteiger charge is 2.13. The van der Waals surface area contributed by atoms with Crippen LogP contribution in [0.2, 0.25) is 0 Å². The zero-order valence-corrected chi connectivity index (χ0v) is 9.27. The third kappa shape index (κ3) is 2.32. The van der Waals surface area contributed by atoms with Crippen LogP contribution in [0.1, 0.15) is 5.56 Å². The number of hydrogen-bond donors (Lipinski definition) is 0. The highest BCUT2D eigenvalue weighted by molar-refractivity contribution is 5.94. The van der Waals surface area contributed by atoms with E-state index >= 15 is 0 Å². The van der Waals surface area contributed by atoms with Gasteiger partial charge in [-0.3, -0.25) is 14.9 Å². The topological polar surface area (TPSA) is 110 Å². The lowest BCUT2D eigenvalue weighted by Gasteiger charge is -1.97. The molecular formula is C10H7N5O3. The molecule has 1 aliphatic rings. The lowest BCUT2D eigenvalue weighted by Crippen LogP contribution is -1.91. The lowest BCUT2D eigenvalue weighted by molar-refractivity contribution is -0.385. The Hall–Kier alpha value is -2.77. The molecular weight excluding hydrogens is 238 g/mol. The molecule has 0 radical (unpaired) electrons. The summed E-state index contributed by atoms with van der Waals surface area (Å²) in [6.07, 6.45) is 1.20. The second-order valence-electron chi connectivity index (χ2n) is 3.46.